The van der Waals surface area contributed by atoms with Gasteiger partial charge in [-0.15, -0.1) is 0 Å². The van der Waals surface area contributed by atoms with E-state index in [2.05, 4.69) is 11.4 Å². The number of carbonyl (C=O) groups is 2. The van der Waals surface area contributed by atoms with Crippen LogP contribution in [0.5, 0.6) is 0 Å². The van der Waals surface area contributed by atoms with Gasteiger partial charge in [-0.25, -0.2) is 4.79 Å². The van der Waals surface area contributed by atoms with E-state index >= 15 is 0 Å². The predicted molar refractivity (Wildman–Crippen MR) is 158 cm³/mol. The summed E-state index contributed by atoms with van der Waals surface area (Å²) in [5, 5.41) is 13.0. The number of halogens is 2. The Labute approximate surface area is 248 Å². The highest BCUT2D eigenvalue weighted by Gasteiger charge is 2.28. The highest BCUT2D eigenvalue weighted by Crippen LogP contribution is 2.33. The first-order chi connectivity index (χ1) is 19.4. The zero-order valence-electron chi connectivity index (χ0n) is 23.1. The third-order valence-corrected chi connectivity index (χ3v) is 7.15. The number of aromatic nitrogens is 1. The quantitative estimate of drug-likeness (QED) is 0.301. The minimum atomic E-state index is -0.933. The molecule has 0 radical (unpaired) electrons. The topological polar surface area (TPSA) is 110 Å². The first-order valence-corrected chi connectivity index (χ1v) is 14.1. The second-order valence-corrected chi connectivity index (χ2v) is 11.7. The molecule has 1 N–H and O–H groups in total. The molecule has 8 nitrogen and oxygen atoms in total. The number of nitriles is 1. The molecule has 0 spiro atoms. The van der Waals surface area contributed by atoms with Gasteiger partial charge in [-0.05, 0) is 82.5 Å². The highest BCUT2D eigenvalue weighted by atomic mass is 35.5. The zero-order valence-corrected chi connectivity index (χ0v) is 24.6. The number of pyridine rings is 1. The van der Waals surface area contributed by atoms with E-state index in [1.807, 2.05) is 0 Å². The van der Waals surface area contributed by atoms with E-state index in [4.69, 9.17) is 32.7 Å². The lowest BCUT2D eigenvalue weighted by Gasteiger charge is -2.28. The van der Waals surface area contributed by atoms with Gasteiger partial charge in [-0.2, -0.15) is 5.26 Å². The molecule has 0 saturated carbocycles. The van der Waals surface area contributed by atoms with Crippen LogP contribution in [-0.4, -0.2) is 34.8 Å². The second kappa shape index (κ2) is 12.9. The Morgan fingerprint density at radius 2 is 1.85 bits per heavy atom. The number of benzene rings is 2. The molecular formula is C31H31Cl2N3O5. The Balaban J connectivity index is 1.64. The van der Waals surface area contributed by atoms with Crippen LogP contribution in [0, 0.1) is 11.3 Å². The summed E-state index contributed by atoms with van der Waals surface area (Å²) in [6.45, 7) is 5.95. The second-order valence-electron chi connectivity index (χ2n) is 10.9. The summed E-state index contributed by atoms with van der Waals surface area (Å²) in [5.74, 6) is -0.904. The van der Waals surface area contributed by atoms with E-state index in [0.717, 1.165) is 19.3 Å². The number of hydrogen-bond acceptors (Lipinski definition) is 6. The number of carbonyl (C=O) groups excluding carboxylic acids is 2. The van der Waals surface area contributed by atoms with Crippen LogP contribution in [-0.2, 0) is 14.3 Å². The van der Waals surface area contributed by atoms with Crippen molar-refractivity contribution in [1.82, 2.24) is 4.57 Å². The number of amides is 1. The minimum absolute atomic E-state index is 0.187. The Morgan fingerprint density at radius 1 is 1.12 bits per heavy atom. The minimum Gasteiger partial charge on any atom is -0.456 e. The number of hydrogen-bond donors (Lipinski definition) is 1. The molecule has 2 aromatic carbocycles. The van der Waals surface area contributed by atoms with Crippen LogP contribution in [0.25, 0.3) is 11.1 Å². The molecule has 3 aromatic rings. The van der Waals surface area contributed by atoms with E-state index in [-0.39, 0.29) is 17.5 Å². The van der Waals surface area contributed by atoms with Crippen molar-refractivity contribution >= 4 is 40.8 Å². The van der Waals surface area contributed by atoms with Crippen molar-refractivity contribution in [2.45, 2.75) is 64.2 Å². The normalized spacial score (nSPS) is 16.0. The van der Waals surface area contributed by atoms with Gasteiger partial charge in [-0.1, -0.05) is 23.2 Å². The predicted octanol–water partition coefficient (Wildman–Crippen LogP) is 6.79. The van der Waals surface area contributed by atoms with Gasteiger partial charge in [0.1, 0.15) is 11.6 Å². The molecule has 1 amide bonds. The monoisotopic (exact) mass is 595 g/mol. The summed E-state index contributed by atoms with van der Waals surface area (Å²) < 4.78 is 12.6. The molecule has 0 bridgehead atoms. The van der Waals surface area contributed by atoms with E-state index in [1.165, 1.54) is 16.8 Å². The number of rotatable bonds is 7. The maximum absolute atomic E-state index is 13.6. The van der Waals surface area contributed by atoms with E-state index < -0.39 is 29.1 Å². The Kier molecular flexibility index (Phi) is 9.54. The molecular weight excluding hydrogens is 565 g/mol. The van der Waals surface area contributed by atoms with Crippen LogP contribution in [0.2, 0.25) is 10.0 Å². The summed E-state index contributed by atoms with van der Waals surface area (Å²) in [7, 11) is 0. The van der Waals surface area contributed by atoms with Crippen LogP contribution in [0.15, 0.2) is 59.5 Å². The number of ether oxygens (including phenoxy) is 2. The number of nitrogens with one attached hydrogen (secondary N) is 1. The van der Waals surface area contributed by atoms with Crippen molar-refractivity contribution in [2.75, 3.05) is 11.9 Å². The highest BCUT2D eigenvalue weighted by molar-refractivity contribution is 6.34. The summed E-state index contributed by atoms with van der Waals surface area (Å²) in [4.78, 5) is 39.4. The molecule has 2 heterocycles. The van der Waals surface area contributed by atoms with Crippen molar-refractivity contribution in [3.63, 3.8) is 0 Å². The van der Waals surface area contributed by atoms with Gasteiger partial charge in [0.25, 0.3) is 5.56 Å². The molecule has 1 fully saturated rings. The summed E-state index contributed by atoms with van der Waals surface area (Å²) in [5.41, 5.74) is 0.781. The van der Waals surface area contributed by atoms with E-state index in [0.29, 0.717) is 39.6 Å². The van der Waals surface area contributed by atoms with Gasteiger partial charge >= 0.3 is 5.97 Å². The molecule has 0 aliphatic carbocycles. The molecule has 41 heavy (non-hydrogen) atoms. The van der Waals surface area contributed by atoms with Crippen LogP contribution in [0.3, 0.4) is 0 Å². The lowest BCUT2D eigenvalue weighted by Crippen LogP contribution is -2.36. The molecule has 1 aromatic heterocycles. The average Bonchev–Trinajstić information content (AvgIpc) is 2.93. The molecule has 2 unspecified atom stereocenters. The fraction of sp³-hybridized carbons (Fsp3) is 0.355. The molecule has 1 aliphatic rings. The molecule has 4 rings (SSSR count). The van der Waals surface area contributed by atoms with Crippen molar-refractivity contribution in [1.29, 1.82) is 5.26 Å². The Hall–Kier alpha value is -3.64. The molecule has 214 valence electrons. The van der Waals surface area contributed by atoms with Gasteiger partial charge in [0.2, 0.25) is 5.91 Å². The smallest absolute Gasteiger partial charge is 0.338 e. The van der Waals surface area contributed by atoms with Crippen LogP contribution in [0.4, 0.5) is 5.69 Å². The largest absolute Gasteiger partial charge is 0.456 e. The fourth-order valence-corrected chi connectivity index (χ4v) is 5.08. The summed E-state index contributed by atoms with van der Waals surface area (Å²) in [6, 6.07) is 13.5. The van der Waals surface area contributed by atoms with Crippen molar-refractivity contribution in [2.24, 2.45) is 0 Å². The molecule has 10 heteroatoms. The average molecular weight is 597 g/mol. The van der Waals surface area contributed by atoms with Crippen molar-refractivity contribution < 1.29 is 19.1 Å². The maximum atomic E-state index is 13.6. The third kappa shape index (κ3) is 7.76. The van der Waals surface area contributed by atoms with Gasteiger partial charge in [-0.3, -0.25) is 9.59 Å². The van der Waals surface area contributed by atoms with Gasteiger partial charge < -0.3 is 19.4 Å². The SMILES string of the molecule is CC(C)(C)OC(=O)c1ccc(NC(=O)C(CC2CCCCO2)n2cc(Cl)c(-c3cc(Cl)ccc3C#N)cc2=O)cc1. The number of esters is 1. The number of nitrogens with zero attached hydrogens (tertiary/aromatic N) is 2. The third-order valence-electron chi connectivity index (χ3n) is 6.61. The number of anilines is 1. The van der Waals surface area contributed by atoms with Gasteiger partial charge in [0, 0.05) is 47.1 Å². The lowest BCUT2D eigenvalue weighted by molar-refractivity contribution is -0.121. The molecule has 1 aliphatic heterocycles. The zero-order chi connectivity index (χ0) is 29.7. The van der Waals surface area contributed by atoms with Crippen LogP contribution in [0.1, 0.15) is 68.4 Å². The Morgan fingerprint density at radius 3 is 2.49 bits per heavy atom. The fourth-order valence-electron chi connectivity index (χ4n) is 4.65. The van der Waals surface area contributed by atoms with Crippen molar-refractivity contribution in [3.05, 3.63) is 86.3 Å². The summed E-state index contributed by atoms with van der Waals surface area (Å²) in [6.07, 6.45) is 4.14. The Bertz CT molecular complexity index is 1530. The standard InChI is InChI=1S/C31H31Cl2N3O5/c1-31(2,3)41-30(39)19-8-11-22(12-9-19)35-29(38)27(15-23-6-4-5-13-40-23)36-18-26(33)25(16-28(36)37)24-14-21(32)10-7-20(24)17-34/h7-12,14,16,18,23,27H,4-6,13,15H2,1-3H3,(H,35,38). The van der Waals surface area contributed by atoms with Crippen molar-refractivity contribution in [3.8, 4) is 17.2 Å². The van der Waals surface area contributed by atoms with Gasteiger partial charge in [0.15, 0.2) is 0 Å². The van der Waals surface area contributed by atoms with Crippen LogP contribution >= 0.6 is 23.2 Å². The maximum Gasteiger partial charge on any atom is 0.338 e. The summed E-state index contributed by atoms with van der Waals surface area (Å²) >= 11 is 12.8. The lowest BCUT2D eigenvalue weighted by atomic mass is 9.99. The van der Waals surface area contributed by atoms with E-state index in [1.54, 1.807) is 63.2 Å². The van der Waals surface area contributed by atoms with E-state index in [9.17, 15) is 19.6 Å². The molecule has 2 atom stereocenters. The molecule has 1 saturated heterocycles. The first-order valence-electron chi connectivity index (χ1n) is 13.3. The van der Waals surface area contributed by atoms with Crippen LogP contribution < -0.4 is 10.9 Å². The first kappa shape index (κ1) is 30.3. The van der Waals surface area contributed by atoms with Gasteiger partial charge in [0.05, 0.1) is 28.3 Å².